The number of carbonyl (C=O) groups excluding carboxylic acids is 1. The van der Waals surface area contributed by atoms with E-state index in [1.807, 2.05) is 22.4 Å². The SMILES string of the molecule is O=C(C1CCCCC1)N1CCC[C@@H](c2nc(-c3cccs3)no2)C1. The van der Waals surface area contributed by atoms with Crippen LogP contribution in [0.5, 0.6) is 0 Å². The van der Waals surface area contributed by atoms with E-state index >= 15 is 0 Å². The first kappa shape index (κ1) is 15.8. The van der Waals surface area contributed by atoms with Gasteiger partial charge < -0.3 is 9.42 Å². The third-order valence-electron chi connectivity index (χ3n) is 5.22. The van der Waals surface area contributed by atoms with Crippen LogP contribution in [0.3, 0.4) is 0 Å². The number of amides is 1. The van der Waals surface area contributed by atoms with E-state index in [1.165, 1.54) is 19.3 Å². The molecule has 1 aliphatic carbocycles. The number of carbonyl (C=O) groups is 1. The molecular weight excluding hydrogens is 322 g/mol. The van der Waals surface area contributed by atoms with E-state index in [1.54, 1.807) is 11.3 Å². The molecule has 2 aromatic rings. The molecule has 1 amide bonds. The van der Waals surface area contributed by atoms with Gasteiger partial charge in [0.1, 0.15) is 0 Å². The van der Waals surface area contributed by atoms with E-state index in [-0.39, 0.29) is 11.8 Å². The number of hydrogen-bond donors (Lipinski definition) is 0. The Bertz CT molecular complexity index is 676. The predicted octanol–water partition coefficient (Wildman–Crippen LogP) is 4.08. The van der Waals surface area contributed by atoms with E-state index in [9.17, 15) is 4.79 Å². The Morgan fingerprint density at radius 1 is 1.21 bits per heavy atom. The molecule has 4 rings (SSSR count). The third-order valence-corrected chi connectivity index (χ3v) is 6.09. The summed E-state index contributed by atoms with van der Waals surface area (Å²) in [7, 11) is 0. The molecule has 0 radical (unpaired) electrons. The van der Waals surface area contributed by atoms with Crippen molar-refractivity contribution in [1.29, 1.82) is 0 Å². The number of likely N-dealkylation sites (tertiary alicyclic amines) is 1. The van der Waals surface area contributed by atoms with Gasteiger partial charge in [0.15, 0.2) is 0 Å². The maximum absolute atomic E-state index is 12.8. The molecule has 24 heavy (non-hydrogen) atoms. The molecule has 2 fully saturated rings. The summed E-state index contributed by atoms with van der Waals surface area (Å²) in [5.41, 5.74) is 0. The van der Waals surface area contributed by atoms with Gasteiger partial charge in [-0.2, -0.15) is 4.98 Å². The van der Waals surface area contributed by atoms with Gasteiger partial charge in [-0.15, -0.1) is 11.3 Å². The summed E-state index contributed by atoms with van der Waals surface area (Å²) in [5.74, 6) is 2.10. The van der Waals surface area contributed by atoms with Gasteiger partial charge in [-0.3, -0.25) is 4.79 Å². The quantitative estimate of drug-likeness (QED) is 0.841. The molecule has 2 aliphatic rings. The Hall–Kier alpha value is -1.69. The summed E-state index contributed by atoms with van der Waals surface area (Å²) in [6.07, 6.45) is 7.81. The largest absolute Gasteiger partial charge is 0.342 e. The van der Waals surface area contributed by atoms with Crippen LogP contribution >= 0.6 is 11.3 Å². The number of piperidine rings is 1. The molecule has 128 valence electrons. The number of hydrogen-bond acceptors (Lipinski definition) is 5. The van der Waals surface area contributed by atoms with Crippen LogP contribution in [0.4, 0.5) is 0 Å². The van der Waals surface area contributed by atoms with Crippen molar-refractivity contribution < 1.29 is 9.32 Å². The maximum atomic E-state index is 12.8. The fourth-order valence-corrected chi connectivity index (χ4v) is 4.54. The van der Waals surface area contributed by atoms with Gasteiger partial charge in [-0.1, -0.05) is 30.5 Å². The lowest BCUT2D eigenvalue weighted by Gasteiger charge is -2.34. The number of thiophene rings is 1. The lowest BCUT2D eigenvalue weighted by atomic mass is 9.87. The van der Waals surface area contributed by atoms with Crippen LogP contribution in [-0.4, -0.2) is 34.0 Å². The number of rotatable bonds is 3. The van der Waals surface area contributed by atoms with Gasteiger partial charge in [0.05, 0.1) is 10.8 Å². The average Bonchev–Trinajstić information content (AvgIpc) is 3.33. The number of aromatic nitrogens is 2. The fourth-order valence-electron chi connectivity index (χ4n) is 3.89. The van der Waals surface area contributed by atoms with Gasteiger partial charge in [-0.05, 0) is 37.1 Å². The Morgan fingerprint density at radius 2 is 2.08 bits per heavy atom. The highest BCUT2D eigenvalue weighted by atomic mass is 32.1. The maximum Gasteiger partial charge on any atom is 0.231 e. The minimum Gasteiger partial charge on any atom is -0.342 e. The Kier molecular flexibility index (Phi) is 4.65. The van der Waals surface area contributed by atoms with E-state index in [2.05, 4.69) is 10.1 Å². The van der Waals surface area contributed by atoms with Gasteiger partial charge in [0.2, 0.25) is 17.6 Å². The lowest BCUT2D eigenvalue weighted by molar-refractivity contribution is -0.137. The molecule has 6 heteroatoms. The summed E-state index contributed by atoms with van der Waals surface area (Å²) < 4.78 is 5.51. The second kappa shape index (κ2) is 7.05. The summed E-state index contributed by atoms with van der Waals surface area (Å²) in [6, 6.07) is 3.99. The van der Waals surface area contributed by atoms with Crippen LogP contribution in [0.15, 0.2) is 22.0 Å². The van der Waals surface area contributed by atoms with Crippen molar-refractivity contribution in [3.05, 3.63) is 23.4 Å². The molecule has 5 nitrogen and oxygen atoms in total. The summed E-state index contributed by atoms with van der Waals surface area (Å²) in [6.45, 7) is 1.60. The van der Waals surface area contributed by atoms with E-state index < -0.39 is 0 Å². The highest BCUT2D eigenvalue weighted by Gasteiger charge is 2.32. The lowest BCUT2D eigenvalue weighted by Crippen LogP contribution is -2.42. The van der Waals surface area contributed by atoms with Crippen LogP contribution < -0.4 is 0 Å². The van der Waals surface area contributed by atoms with Crippen molar-refractivity contribution in [2.75, 3.05) is 13.1 Å². The summed E-state index contributed by atoms with van der Waals surface area (Å²) in [4.78, 5) is 20.4. The van der Waals surface area contributed by atoms with Crippen molar-refractivity contribution in [2.45, 2.75) is 50.9 Å². The highest BCUT2D eigenvalue weighted by molar-refractivity contribution is 7.13. The van der Waals surface area contributed by atoms with E-state index in [4.69, 9.17) is 4.52 Å². The van der Waals surface area contributed by atoms with Gasteiger partial charge in [0, 0.05) is 19.0 Å². The molecule has 1 saturated carbocycles. The molecule has 0 spiro atoms. The molecule has 1 aliphatic heterocycles. The normalized spacial score (nSPS) is 22.7. The smallest absolute Gasteiger partial charge is 0.231 e. The van der Waals surface area contributed by atoms with E-state index in [0.29, 0.717) is 17.6 Å². The standard InChI is InChI=1S/C18H23N3O2S/c22-18(13-6-2-1-3-7-13)21-10-4-8-14(12-21)17-19-16(20-23-17)15-9-5-11-24-15/h5,9,11,13-14H,1-4,6-8,10,12H2/t14-/m1/s1. The van der Waals surface area contributed by atoms with Gasteiger partial charge in [-0.25, -0.2) is 0 Å². The zero-order chi connectivity index (χ0) is 16.4. The molecule has 0 bridgehead atoms. The van der Waals surface area contributed by atoms with Crippen molar-refractivity contribution in [1.82, 2.24) is 15.0 Å². The van der Waals surface area contributed by atoms with Crippen molar-refractivity contribution >= 4 is 17.2 Å². The monoisotopic (exact) mass is 345 g/mol. The molecule has 1 saturated heterocycles. The molecule has 2 aromatic heterocycles. The highest BCUT2D eigenvalue weighted by Crippen LogP contribution is 2.31. The van der Waals surface area contributed by atoms with Gasteiger partial charge >= 0.3 is 0 Å². The molecule has 0 N–H and O–H groups in total. The molecular formula is C18H23N3O2S. The first-order valence-corrected chi connectivity index (χ1v) is 9.85. The molecule has 3 heterocycles. The zero-order valence-corrected chi connectivity index (χ0v) is 14.6. The Balaban J connectivity index is 1.44. The van der Waals surface area contributed by atoms with Gasteiger partial charge in [0.25, 0.3) is 0 Å². The Morgan fingerprint density at radius 3 is 2.88 bits per heavy atom. The minimum absolute atomic E-state index is 0.174. The first-order chi connectivity index (χ1) is 11.8. The summed E-state index contributed by atoms with van der Waals surface area (Å²) in [5, 5.41) is 6.12. The summed E-state index contributed by atoms with van der Waals surface area (Å²) >= 11 is 1.61. The molecule has 1 atom stereocenters. The topological polar surface area (TPSA) is 59.2 Å². The average molecular weight is 345 g/mol. The van der Waals surface area contributed by atoms with Crippen molar-refractivity contribution in [2.24, 2.45) is 5.92 Å². The third kappa shape index (κ3) is 3.24. The van der Waals surface area contributed by atoms with Crippen LogP contribution in [0.1, 0.15) is 56.8 Å². The van der Waals surface area contributed by atoms with Crippen LogP contribution in [0.2, 0.25) is 0 Å². The van der Waals surface area contributed by atoms with E-state index in [0.717, 1.165) is 43.6 Å². The van der Waals surface area contributed by atoms with Crippen LogP contribution in [0, 0.1) is 5.92 Å². The van der Waals surface area contributed by atoms with Crippen molar-refractivity contribution in [3.63, 3.8) is 0 Å². The Labute approximate surface area is 146 Å². The molecule has 0 aromatic carbocycles. The first-order valence-electron chi connectivity index (χ1n) is 8.97. The van der Waals surface area contributed by atoms with Crippen molar-refractivity contribution in [3.8, 4) is 10.7 Å². The number of nitrogens with zero attached hydrogens (tertiary/aromatic N) is 3. The van der Waals surface area contributed by atoms with Crippen LogP contribution in [-0.2, 0) is 4.79 Å². The predicted molar refractivity (Wildman–Crippen MR) is 92.7 cm³/mol. The van der Waals surface area contributed by atoms with Crippen LogP contribution in [0.25, 0.3) is 10.7 Å². The zero-order valence-electron chi connectivity index (χ0n) is 13.8. The second-order valence-electron chi connectivity index (χ2n) is 6.89. The second-order valence-corrected chi connectivity index (χ2v) is 7.84. The molecule has 0 unspecified atom stereocenters. The minimum atomic E-state index is 0.174. The fraction of sp³-hybridized carbons (Fsp3) is 0.611.